The molecule has 12 heteroatoms. The normalized spacial score (nSPS) is 13.5. The number of ether oxygens (including phenoxy) is 2. The van der Waals surface area contributed by atoms with E-state index in [1.54, 1.807) is 61.1 Å². The van der Waals surface area contributed by atoms with Gasteiger partial charge in [0.25, 0.3) is 11.1 Å². The number of hydrogen-bond donors (Lipinski definition) is 0. The van der Waals surface area contributed by atoms with E-state index in [9.17, 15) is 19.2 Å². The van der Waals surface area contributed by atoms with E-state index in [4.69, 9.17) is 9.47 Å². The Morgan fingerprint density at radius 3 is 1.34 bits per heavy atom. The maximum Gasteiger partial charge on any atom is 0.339 e. The Kier molecular flexibility index (Phi) is 8.70. The van der Waals surface area contributed by atoms with Gasteiger partial charge in [-0.15, -0.1) is 0 Å². The van der Waals surface area contributed by atoms with Crippen LogP contribution >= 0.6 is 0 Å². The summed E-state index contributed by atoms with van der Waals surface area (Å²) in [6, 6.07) is 6.52. The van der Waals surface area contributed by atoms with Gasteiger partial charge in [-0.2, -0.15) is 0 Å². The van der Waals surface area contributed by atoms with E-state index in [0.717, 1.165) is 0 Å². The molecule has 0 unspecified atom stereocenters. The highest BCUT2D eigenvalue weighted by atomic mass is 16.5. The topological polar surface area (TPSA) is 129 Å². The van der Waals surface area contributed by atoms with Crippen LogP contribution in [-0.4, -0.2) is 70.4 Å². The van der Waals surface area contributed by atoms with Crippen molar-refractivity contribution >= 4 is 45.4 Å². The number of nitrogens with zero attached hydrogens (tertiary/aromatic N) is 6. The maximum atomic E-state index is 13.2. The molecule has 0 amide bonds. The van der Waals surface area contributed by atoms with E-state index in [1.165, 1.54) is 0 Å². The van der Waals surface area contributed by atoms with Crippen LogP contribution in [0.4, 0.5) is 11.4 Å². The Morgan fingerprint density at radius 1 is 0.659 bits per heavy atom. The van der Waals surface area contributed by atoms with Crippen molar-refractivity contribution in [3.63, 3.8) is 0 Å². The van der Waals surface area contributed by atoms with Crippen LogP contribution in [0.25, 0.3) is 22.1 Å². The number of pyridine rings is 4. The van der Waals surface area contributed by atoms with E-state index in [2.05, 4.69) is 19.8 Å². The summed E-state index contributed by atoms with van der Waals surface area (Å²) in [7, 11) is 0. The molecule has 5 heterocycles. The number of esters is 2. The average molecular weight is 603 g/mol. The van der Waals surface area contributed by atoms with E-state index >= 15 is 0 Å². The first-order valence-corrected chi connectivity index (χ1v) is 15.1. The summed E-state index contributed by atoms with van der Waals surface area (Å²) in [6.45, 7) is 14.0. The average Bonchev–Trinajstić information content (AvgIpc) is 2.99. The monoisotopic (exact) mass is 602 g/mol. The summed E-state index contributed by atoms with van der Waals surface area (Å²) in [5.74, 6) is -0.942. The molecule has 44 heavy (non-hydrogen) atoms. The standard InChI is InChI=1S/C32H38N6O6/c1-7-37-25(39)17-23(27-21(31(41)43-9-3)15-19(5)33-29(27)37)35-11-13-36(14-12-35)24-18-26(40)38(8-2)30-28(24)22(16-20(6)34-30)32(42)44-10-4/h15-18H,7-14H2,1-6H3. The molecule has 1 fully saturated rings. The molecule has 0 spiro atoms. The summed E-state index contributed by atoms with van der Waals surface area (Å²) in [4.78, 5) is 66.1. The van der Waals surface area contributed by atoms with Crippen molar-refractivity contribution < 1.29 is 19.1 Å². The number of hydrogen-bond acceptors (Lipinski definition) is 10. The number of carbonyl (C=O) groups is 2. The molecule has 1 saturated heterocycles. The van der Waals surface area contributed by atoms with Crippen LogP contribution in [-0.2, 0) is 22.6 Å². The Morgan fingerprint density at radius 2 is 1.02 bits per heavy atom. The van der Waals surface area contributed by atoms with E-state index in [0.29, 0.717) is 95.2 Å². The zero-order valence-corrected chi connectivity index (χ0v) is 26.1. The molecule has 0 N–H and O–H groups in total. The van der Waals surface area contributed by atoms with Crippen molar-refractivity contribution in [3.05, 3.63) is 67.5 Å². The van der Waals surface area contributed by atoms with E-state index in [-0.39, 0.29) is 24.3 Å². The van der Waals surface area contributed by atoms with Crippen molar-refractivity contribution in [2.45, 2.75) is 54.6 Å². The highest BCUT2D eigenvalue weighted by Crippen LogP contribution is 2.33. The van der Waals surface area contributed by atoms with Gasteiger partial charge in [-0.1, -0.05) is 0 Å². The number of rotatable bonds is 8. The second kappa shape index (κ2) is 12.5. The second-order valence-corrected chi connectivity index (χ2v) is 10.7. The lowest BCUT2D eigenvalue weighted by molar-refractivity contribution is 0.0519. The number of piperazine rings is 1. The first-order chi connectivity index (χ1) is 21.1. The third-order valence-electron chi connectivity index (χ3n) is 7.92. The van der Waals surface area contributed by atoms with Gasteiger partial charge in [-0.3, -0.25) is 18.7 Å². The molecule has 0 radical (unpaired) electrons. The van der Waals surface area contributed by atoms with Gasteiger partial charge in [0.1, 0.15) is 11.3 Å². The van der Waals surface area contributed by atoms with Crippen molar-refractivity contribution in [2.75, 3.05) is 49.2 Å². The summed E-state index contributed by atoms with van der Waals surface area (Å²) in [6.07, 6.45) is 0. The predicted molar refractivity (Wildman–Crippen MR) is 169 cm³/mol. The Balaban J connectivity index is 1.60. The van der Waals surface area contributed by atoms with Gasteiger partial charge < -0.3 is 19.3 Å². The number of anilines is 2. The van der Waals surface area contributed by atoms with Crippen LogP contribution < -0.4 is 20.9 Å². The highest BCUT2D eigenvalue weighted by Gasteiger charge is 2.28. The zero-order valence-electron chi connectivity index (χ0n) is 26.1. The maximum absolute atomic E-state index is 13.2. The molecule has 0 aromatic carbocycles. The molecule has 5 rings (SSSR count). The highest BCUT2D eigenvalue weighted by molar-refractivity contribution is 6.09. The molecule has 12 nitrogen and oxygen atoms in total. The molecule has 0 bridgehead atoms. The zero-order chi connectivity index (χ0) is 31.7. The third kappa shape index (κ3) is 5.40. The Hall–Kier alpha value is -4.74. The Labute approximate surface area is 254 Å². The van der Waals surface area contributed by atoms with Crippen LogP contribution in [0.15, 0.2) is 33.9 Å². The summed E-state index contributed by atoms with van der Waals surface area (Å²) < 4.78 is 13.9. The van der Waals surface area contributed by atoms with Gasteiger partial charge >= 0.3 is 11.9 Å². The minimum Gasteiger partial charge on any atom is -0.462 e. The van der Waals surface area contributed by atoms with Crippen LogP contribution in [0.1, 0.15) is 59.8 Å². The fourth-order valence-corrected chi connectivity index (χ4v) is 5.99. The first-order valence-electron chi connectivity index (χ1n) is 15.1. The van der Waals surface area contributed by atoms with Crippen LogP contribution in [0.5, 0.6) is 0 Å². The molecule has 4 aromatic heterocycles. The molecular formula is C32H38N6O6. The SMILES string of the molecule is CCOC(=O)c1cc(C)nc2c1c(N1CCN(c3cc(=O)n(CC)c4nc(C)cc(C(=O)OCC)c34)CC1)cc(=O)n2CC. The number of aryl methyl sites for hydroxylation is 4. The summed E-state index contributed by atoms with van der Waals surface area (Å²) >= 11 is 0. The number of fused-ring (bicyclic) bond motifs is 2. The molecule has 0 saturated carbocycles. The third-order valence-corrected chi connectivity index (χ3v) is 7.92. The van der Waals surface area contributed by atoms with Gasteiger partial charge in [0.15, 0.2) is 0 Å². The molecule has 1 aliphatic heterocycles. The van der Waals surface area contributed by atoms with Gasteiger partial charge in [0, 0.05) is 62.8 Å². The van der Waals surface area contributed by atoms with Crippen molar-refractivity contribution in [2.24, 2.45) is 0 Å². The van der Waals surface area contributed by atoms with Crippen molar-refractivity contribution in [1.82, 2.24) is 19.1 Å². The van der Waals surface area contributed by atoms with Crippen LogP contribution in [0.2, 0.25) is 0 Å². The lowest BCUT2D eigenvalue weighted by atomic mass is 10.1. The smallest absolute Gasteiger partial charge is 0.339 e. The quantitative estimate of drug-likeness (QED) is 0.277. The van der Waals surface area contributed by atoms with E-state index < -0.39 is 11.9 Å². The molecule has 0 atom stereocenters. The van der Waals surface area contributed by atoms with Crippen molar-refractivity contribution in [1.29, 1.82) is 0 Å². The lowest BCUT2D eigenvalue weighted by Gasteiger charge is -2.38. The largest absolute Gasteiger partial charge is 0.462 e. The van der Waals surface area contributed by atoms with Gasteiger partial charge in [-0.05, 0) is 53.7 Å². The van der Waals surface area contributed by atoms with Crippen molar-refractivity contribution in [3.8, 4) is 0 Å². The number of carbonyl (C=O) groups excluding carboxylic acids is 2. The van der Waals surface area contributed by atoms with E-state index in [1.807, 2.05) is 13.8 Å². The molecule has 232 valence electrons. The fourth-order valence-electron chi connectivity index (χ4n) is 5.99. The predicted octanol–water partition coefficient (Wildman–Crippen LogP) is 3.44. The molecular weight excluding hydrogens is 564 g/mol. The summed E-state index contributed by atoms with van der Waals surface area (Å²) in [5, 5.41) is 1.15. The molecule has 1 aliphatic rings. The van der Waals surface area contributed by atoms with Crippen LogP contribution in [0, 0.1) is 13.8 Å². The van der Waals surface area contributed by atoms with Crippen LogP contribution in [0.3, 0.4) is 0 Å². The van der Waals surface area contributed by atoms with Gasteiger partial charge in [0.05, 0.1) is 46.5 Å². The van der Waals surface area contributed by atoms with Gasteiger partial charge in [-0.25, -0.2) is 19.6 Å². The minimum absolute atomic E-state index is 0.208. The summed E-state index contributed by atoms with van der Waals surface area (Å²) in [5.41, 5.74) is 3.64. The Bertz CT molecular complexity index is 1750. The molecule has 4 aromatic rings. The first kappa shape index (κ1) is 30.7. The second-order valence-electron chi connectivity index (χ2n) is 10.7. The van der Waals surface area contributed by atoms with Gasteiger partial charge in [0.2, 0.25) is 0 Å². The molecule has 0 aliphatic carbocycles. The fraction of sp³-hybridized carbons (Fsp3) is 0.438. The lowest BCUT2D eigenvalue weighted by Crippen LogP contribution is -2.47. The number of aromatic nitrogens is 4. The minimum atomic E-state index is -0.471.